The number of benzene rings is 2. The summed E-state index contributed by atoms with van der Waals surface area (Å²) in [5.74, 6) is -1.00. The Labute approximate surface area is 135 Å². The summed E-state index contributed by atoms with van der Waals surface area (Å²) >= 11 is 0. The van der Waals surface area contributed by atoms with Gasteiger partial charge in [0.25, 0.3) is 5.91 Å². The number of hydrogen-bond acceptors (Lipinski definition) is 3. The van der Waals surface area contributed by atoms with Crippen LogP contribution in [0.1, 0.15) is 18.1 Å². The van der Waals surface area contributed by atoms with Gasteiger partial charge in [-0.05, 0) is 18.1 Å². The molecule has 0 aromatic heterocycles. The number of rotatable bonds is 7. The lowest BCUT2D eigenvalue weighted by atomic mass is 9.94. The molecule has 0 radical (unpaired) electrons. The molecule has 0 spiro atoms. The van der Waals surface area contributed by atoms with Crippen LogP contribution < -0.4 is 11.1 Å². The zero-order chi connectivity index (χ0) is 16.7. The predicted octanol–water partition coefficient (Wildman–Crippen LogP) is 1.72. The molecule has 5 nitrogen and oxygen atoms in total. The molecule has 0 bridgehead atoms. The topological polar surface area (TPSA) is 81.4 Å². The molecule has 0 aliphatic heterocycles. The van der Waals surface area contributed by atoms with Gasteiger partial charge in [0, 0.05) is 0 Å². The van der Waals surface area contributed by atoms with E-state index in [1.807, 2.05) is 60.7 Å². The minimum absolute atomic E-state index is 0.226. The standard InChI is InChI=1S/C18H20N2O3/c1-18(15-10-6-3-7-11-15,17(22)20-12-16(19)21)23-13-14-8-4-2-5-9-14/h2-11H,12-13H2,1H3,(H2,19,21)(H,20,22)/t18-/m0/s1. The van der Waals surface area contributed by atoms with E-state index in [4.69, 9.17) is 10.5 Å². The van der Waals surface area contributed by atoms with Crippen molar-refractivity contribution in [1.82, 2.24) is 5.32 Å². The number of primary amides is 1. The third kappa shape index (κ3) is 4.40. The molecule has 0 fully saturated rings. The molecule has 5 heteroatoms. The summed E-state index contributed by atoms with van der Waals surface area (Å²) in [6, 6.07) is 18.7. The second-order valence-corrected chi connectivity index (χ2v) is 5.32. The fourth-order valence-corrected chi connectivity index (χ4v) is 2.17. The van der Waals surface area contributed by atoms with Gasteiger partial charge in [0.1, 0.15) is 0 Å². The second-order valence-electron chi connectivity index (χ2n) is 5.32. The van der Waals surface area contributed by atoms with Gasteiger partial charge in [0.2, 0.25) is 5.91 Å². The van der Waals surface area contributed by atoms with Gasteiger partial charge in [0.05, 0.1) is 13.2 Å². The number of carbonyl (C=O) groups excluding carboxylic acids is 2. The quantitative estimate of drug-likeness (QED) is 0.817. The average Bonchev–Trinajstić information content (AvgIpc) is 2.59. The first-order chi connectivity index (χ1) is 11.0. The van der Waals surface area contributed by atoms with Crippen LogP contribution in [-0.2, 0) is 26.5 Å². The van der Waals surface area contributed by atoms with E-state index in [2.05, 4.69) is 5.32 Å². The summed E-state index contributed by atoms with van der Waals surface area (Å²) in [5.41, 5.74) is 5.54. The van der Waals surface area contributed by atoms with Gasteiger partial charge < -0.3 is 15.8 Å². The normalized spacial score (nSPS) is 13.1. The summed E-state index contributed by atoms with van der Waals surface area (Å²) in [4.78, 5) is 23.5. The maximum absolute atomic E-state index is 12.5. The van der Waals surface area contributed by atoms with Crippen molar-refractivity contribution in [2.75, 3.05) is 6.54 Å². The molecule has 0 saturated carbocycles. The second kappa shape index (κ2) is 7.56. The van der Waals surface area contributed by atoms with Gasteiger partial charge in [-0.3, -0.25) is 9.59 Å². The van der Waals surface area contributed by atoms with Crippen LogP contribution in [0.5, 0.6) is 0 Å². The maximum atomic E-state index is 12.5. The highest BCUT2D eigenvalue weighted by molar-refractivity contribution is 5.89. The Kier molecular flexibility index (Phi) is 5.49. The summed E-state index contributed by atoms with van der Waals surface area (Å²) in [5, 5.41) is 2.52. The lowest BCUT2D eigenvalue weighted by Gasteiger charge is -2.29. The zero-order valence-electron chi connectivity index (χ0n) is 13.0. The number of ether oxygens (including phenoxy) is 1. The van der Waals surface area contributed by atoms with Gasteiger partial charge in [-0.1, -0.05) is 60.7 Å². The Hall–Kier alpha value is -2.66. The highest BCUT2D eigenvalue weighted by atomic mass is 16.5. The predicted molar refractivity (Wildman–Crippen MR) is 87.2 cm³/mol. The highest BCUT2D eigenvalue weighted by Gasteiger charge is 2.36. The van der Waals surface area contributed by atoms with Crippen LogP contribution in [0.15, 0.2) is 60.7 Å². The fourth-order valence-electron chi connectivity index (χ4n) is 2.17. The molecule has 0 aliphatic carbocycles. The zero-order valence-corrected chi connectivity index (χ0v) is 13.0. The molecule has 0 unspecified atom stereocenters. The Bertz CT molecular complexity index is 658. The van der Waals surface area contributed by atoms with Crippen LogP contribution in [0.25, 0.3) is 0 Å². The van der Waals surface area contributed by atoms with Gasteiger partial charge >= 0.3 is 0 Å². The van der Waals surface area contributed by atoms with E-state index in [1.54, 1.807) is 6.92 Å². The molecule has 23 heavy (non-hydrogen) atoms. The molecule has 0 heterocycles. The third-order valence-corrected chi connectivity index (χ3v) is 3.55. The van der Waals surface area contributed by atoms with Crippen LogP contribution in [0.4, 0.5) is 0 Å². The summed E-state index contributed by atoms with van der Waals surface area (Å²) < 4.78 is 5.93. The fraction of sp³-hybridized carbons (Fsp3) is 0.222. The van der Waals surface area contributed by atoms with Crippen molar-refractivity contribution in [1.29, 1.82) is 0 Å². The van der Waals surface area contributed by atoms with Crippen LogP contribution in [0, 0.1) is 0 Å². The molecular weight excluding hydrogens is 292 g/mol. The first kappa shape index (κ1) is 16.7. The molecule has 0 saturated heterocycles. The number of amides is 2. The van der Waals surface area contributed by atoms with Crippen molar-refractivity contribution >= 4 is 11.8 Å². The highest BCUT2D eigenvalue weighted by Crippen LogP contribution is 2.27. The summed E-state index contributed by atoms with van der Waals surface area (Å²) in [6.45, 7) is 1.73. The molecule has 2 amide bonds. The number of nitrogens with one attached hydrogen (secondary N) is 1. The maximum Gasteiger partial charge on any atom is 0.257 e. The van der Waals surface area contributed by atoms with Gasteiger partial charge in [-0.15, -0.1) is 0 Å². The number of hydrogen-bond donors (Lipinski definition) is 2. The Morgan fingerprint density at radius 1 is 1.04 bits per heavy atom. The Morgan fingerprint density at radius 3 is 2.17 bits per heavy atom. The van der Waals surface area contributed by atoms with E-state index < -0.39 is 17.4 Å². The molecule has 1 atom stereocenters. The van der Waals surface area contributed by atoms with Crippen molar-refractivity contribution in [2.45, 2.75) is 19.1 Å². The number of carbonyl (C=O) groups is 2. The number of nitrogens with two attached hydrogens (primary N) is 1. The Balaban J connectivity index is 2.20. The van der Waals surface area contributed by atoms with Crippen molar-refractivity contribution in [3.05, 3.63) is 71.8 Å². The van der Waals surface area contributed by atoms with Crippen LogP contribution in [0.2, 0.25) is 0 Å². The first-order valence-electron chi connectivity index (χ1n) is 7.32. The smallest absolute Gasteiger partial charge is 0.257 e. The van der Waals surface area contributed by atoms with Crippen molar-refractivity contribution in [3.63, 3.8) is 0 Å². The molecule has 2 aromatic rings. The van der Waals surface area contributed by atoms with E-state index in [0.717, 1.165) is 5.56 Å². The van der Waals surface area contributed by atoms with E-state index in [0.29, 0.717) is 5.56 Å². The average molecular weight is 312 g/mol. The minimum atomic E-state index is -1.22. The van der Waals surface area contributed by atoms with E-state index in [-0.39, 0.29) is 13.2 Å². The molecule has 3 N–H and O–H groups in total. The van der Waals surface area contributed by atoms with Gasteiger partial charge in [-0.2, -0.15) is 0 Å². The summed E-state index contributed by atoms with van der Waals surface area (Å²) in [7, 11) is 0. The minimum Gasteiger partial charge on any atom is -0.368 e. The van der Waals surface area contributed by atoms with Crippen molar-refractivity contribution in [2.24, 2.45) is 5.73 Å². The molecule has 0 aliphatic rings. The molecule has 2 aromatic carbocycles. The molecule has 120 valence electrons. The molecule has 2 rings (SSSR count). The monoisotopic (exact) mass is 312 g/mol. The van der Waals surface area contributed by atoms with Crippen LogP contribution in [-0.4, -0.2) is 18.4 Å². The lowest BCUT2D eigenvalue weighted by molar-refractivity contribution is -0.149. The molecular formula is C18H20N2O3. The lowest BCUT2D eigenvalue weighted by Crippen LogP contribution is -2.46. The van der Waals surface area contributed by atoms with Crippen molar-refractivity contribution < 1.29 is 14.3 Å². The van der Waals surface area contributed by atoms with Gasteiger partial charge in [0.15, 0.2) is 5.60 Å². The first-order valence-corrected chi connectivity index (χ1v) is 7.32. The van der Waals surface area contributed by atoms with E-state index in [1.165, 1.54) is 0 Å². The van der Waals surface area contributed by atoms with E-state index >= 15 is 0 Å². The largest absolute Gasteiger partial charge is 0.368 e. The SMILES string of the molecule is C[C@@](OCc1ccccc1)(C(=O)NCC(N)=O)c1ccccc1. The Morgan fingerprint density at radius 2 is 1.61 bits per heavy atom. The van der Waals surface area contributed by atoms with Crippen LogP contribution in [0.3, 0.4) is 0 Å². The van der Waals surface area contributed by atoms with Crippen molar-refractivity contribution in [3.8, 4) is 0 Å². The van der Waals surface area contributed by atoms with Gasteiger partial charge in [-0.25, -0.2) is 0 Å². The third-order valence-electron chi connectivity index (χ3n) is 3.55. The van der Waals surface area contributed by atoms with E-state index in [9.17, 15) is 9.59 Å². The summed E-state index contributed by atoms with van der Waals surface area (Å²) in [6.07, 6.45) is 0. The van der Waals surface area contributed by atoms with Crippen LogP contribution >= 0.6 is 0 Å².